The molecule has 1 rings (SSSR count). The second-order valence-corrected chi connectivity index (χ2v) is 4.32. The Morgan fingerprint density at radius 1 is 1.56 bits per heavy atom. The Balaban J connectivity index is 2.25. The third kappa shape index (κ3) is 4.18. The van der Waals surface area contributed by atoms with Gasteiger partial charge in [-0.05, 0) is 13.3 Å². The lowest BCUT2D eigenvalue weighted by Gasteiger charge is -2.26. The zero-order valence-corrected chi connectivity index (χ0v) is 10.1. The van der Waals surface area contributed by atoms with E-state index in [0.717, 1.165) is 38.1 Å². The van der Waals surface area contributed by atoms with E-state index >= 15 is 0 Å². The van der Waals surface area contributed by atoms with Gasteiger partial charge in [-0.3, -0.25) is 9.69 Å². The van der Waals surface area contributed by atoms with Gasteiger partial charge in [-0.2, -0.15) is 0 Å². The summed E-state index contributed by atoms with van der Waals surface area (Å²) in [5.74, 6) is 0.0822. The normalized spacial score (nSPS) is 19.2. The Labute approximate surface area is 96.5 Å². The van der Waals surface area contributed by atoms with Crippen LogP contribution >= 0.6 is 0 Å². The molecule has 1 saturated heterocycles. The fourth-order valence-corrected chi connectivity index (χ4v) is 1.69. The van der Waals surface area contributed by atoms with E-state index < -0.39 is 0 Å². The molecule has 0 saturated carbocycles. The van der Waals surface area contributed by atoms with Crippen molar-refractivity contribution in [2.45, 2.75) is 39.2 Å². The standard InChI is InChI=1S/C11H21N3O2/c1-3-9(2)12-11(15)8-14-6-4-10(13-16)5-7-14/h9,16H,3-8H2,1-2H3,(H,12,15). The summed E-state index contributed by atoms with van der Waals surface area (Å²) in [5, 5.41) is 14.8. The molecule has 1 unspecified atom stereocenters. The van der Waals surface area contributed by atoms with Gasteiger partial charge in [0.05, 0.1) is 12.3 Å². The highest BCUT2D eigenvalue weighted by Gasteiger charge is 2.18. The minimum absolute atomic E-state index is 0.0822. The van der Waals surface area contributed by atoms with E-state index in [1.54, 1.807) is 0 Å². The smallest absolute Gasteiger partial charge is 0.234 e. The summed E-state index contributed by atoms with van der Waals surface area (Å²) < 4.78 is 0. The van der Waals surface area contributed by atoms with E-state index in [9.17, 15) is 4.79 Å². The van der Waals surface area contributed by atoms with Crippen molar-refractivity contribution in [3.63, 3.8) is 0 Å². The fourth-order valence-electron chi connectivity index (χ4n) is 1.69. The molecule has 0 aromatic carbocycles. The van der Waals surface area contributed by atoms with Crippen LogP contribution in [-0.4, -0.2) is 47.4 Å². The number of likely N-dealkylation sites (tertiary alicyclic amines) is 1. The van der Waals surface area contributed by atoms with Crippen molar-refractivity contribution in [2.75, 3.05) is 19.6 Å². The van der Waals surface area contributed by atoms with Gasteiger partial charge < -0.3 is 10.5 Å². The molecule has 1 atom stereocenters. The molecular formula is C11H21N3O2. The van der Waals surface area contributed by atoms with E-state index in [0.29, 0.717) is 6.54 Å². The quantitative estimate of drug-likeness (QED) is 0.552. The summed E-state index contributed by atoms with van der Waals surface area (Å²) >= 11 is 0. The van der Waals surface area contributed by atoms with E-state index in [2.05, 4.69) is 22.3 Å². The lowest BCUT2D eigenvalue weighted by molar-refractivity contribution is -0.122. The number of amides is 1. The van der Waals surface area contributed by atoms with Gasteiger partial charge >= 0.3 is 0 Å². The molecule has 5 nitrogen and oxygen atoms in total. The molecule has 0 aliphatic carbocycles. The van der Waals surface area contributed by atoms with Crippen LogP contribution in [0.5, 0.6) is 0 Å². The van der Waals surface area contributed by atoms with Gasteiger partial charge in [0, 0.05) is 32.0 Å². The number of hydrogen-bond acceptors (Lipinski definition) is 4. The molecule has 1 amide bonds. The second-order valence-electron chi connectivity index (χ2n) is 4.32. The summed E-state index contributed by atoms with van der Waals surface area (Å²) in [6, 6.07) is 0.242. The first kappa shape index (κ1) is 13.0. The largest absolute Gasteiger partial charge is 0.411 e. The number of carbonyl (C=O) groups excluding carboxylic acids is 1. The van der Waals surface area contributed by atoms with Gasteiger partial charge in [0.15, 0.2) is 0 Å². The first-order valence-corrected chi connectivity index (χ1v) is 5.87. The minimum atomic E-state index is 0.0822. The van der Waals surface area contributed by atoms with Crippen LogP contribution in [0.4, 0.5) is 0 Å². The van der Waals surface area contributed by atoms with Crippen molar-refractivity contribution in [3.05, 3.63) is 0 Å². The predicted molar refractivity (Wildman–Crippen MR) is 62.8 cm³/mol. The van der Waals surface area contributed by atoms with Crippen LogP contribution in [0.25, 0.3) is 0 Å². The molecule has 1 heterocycles. The summed E-state index contributed by atoms with van der Waals surface area (Å²) in [6.07, 6.45) is 2.47. The lowest BCUT2D eigenvalue weighted by Crippen LogP contribution is -2.43. The van der Waals surface area contributed by atoms with E-state index in [4.69, 9.17) is 5.21 Å². The monoisotopic (exact) mass is 227 g/mol. The van der Waals surface area contributed by atoms with Gasteiger partial charge in [0.1, 0.15) is 0 Å². The van der Waals surface area contributed by atoms with Crippen molar-refractivity contribution in [2.24, 2.45) is 5.16 Å². The Kier molecular flexibility index (Phi) is 5.25. The number of piperidine rings is 1. The van der Waals surface area contributed by atoms with Crippen LogP contribution in [0.2, 0.25) is 0 Å². The number of carbonyl (C=O) groups is 1. The molecule has 1 aliphatic rings. The fraction of sp³-hybridized carbons (Fsp3) is 0.818. The molecular weight excluding hydrogens is 206 g/mol. The number of oxime groups is 1. The van der Waals surface area contributed by atoms with Crippen molar-refractivity contribution < 1.29 is 10.0 Å². The van der Waals surface area contributed by atoms with Crippen molar-refractivity contribution in [1.82, 2.24) is 10.2 Å². The van der Waals surface area contributed by atoms with Crippen LogP contribution in [0.15, 0.2) is 5.16 Å². The average Bonchev–Trinajstić information content (AvgIpc) is 2.29. The molecule has 0 aromatic rings. The van der Waals surface area contributed by atoms with Crippen LogP contribution in [0.3, 0.4) is 0 Å². The lowest BCUT2D eigenvalue weighted by atomic mass is 10.1. The maximum atomic E-state index is 11.6. The number of rotatable bonds is 4. The van der Waals surface area contributed by atoms with Gasteiger partial charge in [0.25, 0.3) is 0 Å². The molecule has 0 bridgehead atoms. The molecule has 1 fully saturated rings. The van der Waals surface area contributed by atoms with Gasteiger partial charge in [0.2, 0.25) is 5.91 Å². The SMILES string of the molecule is CCC(C)NC(=O)CN1CCC(=NO)CC1. The molecule has 5 heteroatoms. The van der Waals surface area contributed by atoms with E-state index in [1.807, 2.05) is 6.92 Å². The third-order valence-corrected chi connectivity index (χ3v) is 2.96. The molecule has 1 aliphatic heterocycles. The molecule has 0 radical (unpaired) electrons. The zero-order chi connectivity index (χ0) is 12.0. The van der Waals surface area contributed by atoms with E-state index in [-0.39, 0.29) is 11.9 Å². The van der Waals surface area contributed by atoms with Crippen LogP contribution in [0, 0.1) is 0 Å². The Morgan fingerprint density at radius 2 is 2.19 bits per heavy atom. The topological polar surface area (TPSA) is 64.9 Å². The predicted octanol–water partition coefficient (Wildman–Crippen LogP) is 0.827. The average molecular weight is 227 g/mol. The molecule has 0 aromatic heterocycles. The Hall–Kier alpha value is -1.10. The van der Waals surface area contributed by atoms with Gasteiger partial charge in [-0.25, -0.2) is 0 Å². The van der Waals surface area contributed by atoms with E-state index in [1.165, 1.54) is 0 Å². The third-order valence-electron chi connectivity index (χ3n) is 2.96. The highest BCUT2D eigenvalue weighted by Crippen LogP contribution is 2.06. The number of nitrogens with zero attached hydrogens (tertiary/aromatic N) is 2. The first-order chi connectivity index (χ1) is 7.65. The summed E-state index contributed by atoms with van der Waals surface area (Å²) in [6.45, 7) is 6.10. The summed E-state index contributed by atoms with van der Waals surface area (Å²) in [7, 11) is 0. The Morgan fingerprint density at radius 3 is 2.69 bits per heavy atom. The summed E-state index contributed by atoms with van der Waals surface area (Å²) in [4.78, 5) is 13.7. The molecule has 92 valence electrons. The zero-order valence-electron chi connectivity index (χ0n) is 10.1. The van der Waals surface area contributed by atoms with Gasteiger partial charge in [-0.1, -0.05) is 12.1 Å². The minimum Gasteiger partial charge on any atom is -0.411 e. The van der Waals surface area contributed by atoms with Crippen molar-refractivity contribution in [3.8, 4) is 0 Å². The highest BCUT2D eigenvalue weighted by molar-refractivity contribution is 5.85. The molecule has 2 N–H and O–H groups in total. The summed E-state index contributed by atoms with van der Waals surface area (Å²) in [5.41, 5.74) is 0.832. The maximum Gasteiger partial charge on any atom is 0.234 e. The van der Waals surface area contributed by atoms with Gasteiger partial charge in [-0.15, -0.1) is 0 Å². The van der Waals surface area contributed by atoms with Crippen LogP contribution in [0.1, 0.15) is 33.1 Å². The van der Waals surface area contributed by atoms with Crippen LogP contribution in [-0.2, 0) is 4.79 Å². The number of nitrogens with one attached hydrogen (secondary N) is 1. The number of hydrogen-bond donors (Lipinski definition) is 2. The highest BCUT2D eigenvalue weighted by atomic mass is 16.4. The molecule has 16 heavy (non-hydrogen) atoms. The first-order valence-electron chi connectivity index (χ1n) is 5.87. The van der Waals surface area contributed by atoms with Crippen molar-refractivity contribution in [1.29, 1.82) is 0 Å². The van der Waals surface area contributed by atoms with Crippen molar-refractivity contribution >= 4 is 11.6 Å². The van der Waals surface area contributed by atoms with Crippen LogP contribution < -0.4 is 5.32 Å². The molecule has 0 spiro atoms. The second kappa shape index (κ2) is 6.48. The Bertz CT molecular complexity index is 256. The maximum absolute atomic E-state index is 11.6.